The molecule has 2 fully saturated rings. The van der Waals surface area contributed by atoms with Gasteiger partial charge in [-0.1, -0.05) is 32.6 Å². The van der Waals surface area contributed by atoms with E-state index in [4.69, 9.17) is 0 Å². The summed E-state index contributed by atoms with van der Waals surface area (Å²) in [5, 5.41) is 3.33. The predicted octanol–water partition coefficient (Wildman–Crippen LogP) is 3.23. The van der Waals surface area contributed by atoms with E-state index in [1.165, 1.54) is 25.7 Å². The number of rotatable bonds is 5. The molecule has 118 valence electrons. The first-order valence-electron chi connectivity index (χ1n) is 8.20. The number of hydrogen-bond acceptors (Lipinski definition) is 2. The van der Waals surface area contributed by atoms with Crippen molar-refractivity contribution in [3.8, 4) is 0 Å². The summed E-state index contributed by atoms with van der Waals surface area (Å²) >= 11 is 0. The van der Waals surface area contributed by atoms with E-state index in [0.29, 0.717) is 11.9 Å². The summed E-state index contributed by atoms with van der Waals surface area (Å²) in [6.45, 7) is 4.08. The molecule has 1 aliphatic heterocycles. The first-order valence-corrected chi connectivity index (χ1v) is 8.20. The minimum Gasteiger partial charge on any atom is -0.342 e. The normalized spacial score (nSPS) is 22.6. The SMILES string of the molecule is CCC(CC1CCCC1)C(=O)N1CCC(NC)CC1.Cl. The van der Waals surface area contributed by atoms with Crippen molar-refractivity contribution in [3.05, 3.63) is 0 Å². The van der Waals surface area contributed by atoms with Gasteiger partial charge in [-0.2, -0.15) is 0 Å². The van der Waals surface area contributed by atoms with Gasteiger partial charge in [-0.05, 0) is 38.6 Å². The topological polar surface area (TPSA) is 32.3 Å². The fraction of sp³-hybridized carbons (Fsp3) is 0.938. The minimum absolute atomic E-state index is 0. The monoisotopic (exact) mass is 302 g/mol. The number of carbonyl (C=O) groups is 1. The molecule has 1 saturated carbocycles. The minimum atomic E-state index is 0. The summed E-state index contributed by atoms with van der Waals surface area (Å²) in [6, 6.07) is 0.610. The van der Waals surface area contributed by atoms with Crippen LogP contribution in [0.4, 0.5) is 0 Å². The van der Waals surface area contributed by atoms with Crippen molar-refractivity contribution in [2.75, 3.05) is 20.1 Å². The Morgan fingerprint density at radius 3 is 2.30 bits per heavy atom. The van der Waals surface area contributed by atoms with Gasteiger partial charge < -0.3 is 10.2 Å². The molecule has 3 nitrogen and oxygen atoms in total. The zero-order valence-corrected chi connectivity index (χ0v) is 13.9. The van der Waals surface area contributed by atoms with E-state index in [1.807, 2.05) is 7.05 Å². The smallest absolute Gasteiger partial charge is 0.225 e. The van der Waals surface area contributed by atoms with Crippen molar-refractivity contribution in [2.45, 2.75) is 64.3 Å². The Balaban J connectivity index is 0.00000200. The standard InChI is InChI=1S/C16H30N2O.ClH/c1-3-14(12-13-6-4-5-7-13)16(19)18-10-8-15(17-2)9-11-18;/h13-15,17H,3-12H2,1-2H3;1H. The van der Waals surface area contributed by atoms with Gasteiger partial charge in [0.2, 0.25) is 5.91 Å². The second-order valence-electron chi connectivity index (χ2n) is 6.38. The van der Waals surface area contributed by atoms with Crippen LogP contribution in [-0.2, 0) is 4.79 Å². The van der Waals surface area contributed by atoms with Crippen LogP contribution in [0.15, 0.2) is 0 Å². The van der Waals surface area contributed by atoms with Crippen LogP contribution in [-0.4, -0.2) is 37.0 Å². The van der Waals surface area contributed by atoms with Gasteiger partial charge in [-0.15, -0.1) is 12.4 Å². The summed E-state index contributed by atoms with van der Waals surface area (Å²) in [5.74, 6) is 1.54. The van der Waals surface area contributed by atoms with E-state index in [0.717, 1.165) is 44.7 Å². The maximum Gasteiger partial charge on any atom is 0.225 e. The van der Waals surface area contributed by atoms with Crippen LogP contribution < -0.4 is 5.32 Å². The van der Waals surface area contributed by atoms with Gasteiger partial charge in [0.15, 0.2) is 0 Å². The molecule has 20 heavy (non-hydrogen) atoms. The highest BCUT2D eigenvalue weighted by atomic mass is 35.5. The molecule has 0 bridgehead atoms. The van der Waals surface area contributed by atoms with Crippen LogP contribution in [0.2, 0.25) is 0 Å². The highest BCUT2D eigenvalue weighted by Crippen LogP contribution is 2.32. The summed E-state index contributed by atoms with van der Waals surface area (Å²) in [5.41, 5.74) is 0. The highest BCUT2D eigenvalue weighted by molar-refractivity contribution is 5.85. The second-order valence-corrected chi connectivity index (χ2v) is 6.38. The molecule has 0 radical (unpaired) electrons. The Bertz CT molecular complexity index is 284. The van der Waals surface area contributed by atoms with Crippen molar-refractivity contribution in [1.82, 2.24) is 10.2 Å². The molecule has 1 saturated heterocycles. The fourth-order valence-electron chi connectivity index (χ4n) is 3.74. The van der Waals surface area contributed by atoms with Crippen LogP contribution in [0.1, 0.15) is 58.3 Å². The number of likely N-dealkylation sites (tertiary alicyclic amines) is 1. The van der Waals surface area contributed by atoms with E-state index >= 15 is 0 Å². The van der Waals surface area contributed by atoms with Gasteiger partial charge in [0.05, 0.1) is 0 Å². The van der Waals surface area contributed by atoms with E-state index in [9.17, 15) is 4.79 Å². The first kappa shape index (κ1) is 17.8. The highest BCUT2D eigenvalue weighted by Gasteiger charge is 2.29. The molecule has 1 N–H and O–H groups in total. The average molecular weight is 303 g/mol. The number of halogens is 1. The summed E-state index contributed by atoms with van der Waals surface area (Å²) in [4.78, 5) is 14.7. The second kappa shape index (κ2) is 8.89. The fourth-order valence-corrected chi connectivity index (χ4v) is 3.74. The maximum atomic E-state index is 12.6. The average Bonchev–Trinajstić information content (AvgIpc) is 2.97. The Morgan fingerprint density at radius 1 is 1.20 bits per heavy atom. The van der Waals surface area contributed by atoms with Crippen molar-refractivity contribution in [2.24, 2.45) is 11.8 Å². The van der Waals surface area contributed by atoms with Crippen LogP contribution in [0.3, 0.4) is 0 Å². The molecular weight excluding hydrogens is 272 g/mol. The van der Waals surface area contributed by atoms with E-state index in [2.05, 4.69) is 17.1 Å². The number of hydrogen-bond donors (Lipinski definition) is 1. The third kappa shape index (κ3) is 4.63. The molecule has 0 aromatic carbocycles. The molecule has 0 aromatic rings. The molecule has 4 heteroatoms. The number of nitrogens with one attached hydrogen (secondary N) is 1. The Labute approximate surface area is 130 Å². The van der Waals surface area contributed by atoms with Crippen LogP contribution in [0.5, 0.6) is 0 Å². The van der Waals surface area contributed by atoms with E-state index in [1.54, 1.807) is 0 Å². The molecule has 2 rings (SSSR count). The van der Waals surface area contributed by atoms with Gasteiger partial charge >= 0.3 is 0 Å². The molecule has 1 heterocycles. The van der Waals surface area contributed by atoms with E-state index in [-0.39, 0.29) is 18.3 Å². The summed E-state index contributed by atoms with van der Waals surface area (Å²) in [6.07, 6.45) is 9.84. The molecule has 1 amide bonds. The Kier molecular flexibility index (Phi) is 7.90. The molecule has 0 aromatic heterocycles. The summed E-state index contributed by atoms with van der Waals surface area (Å²) < 4.78 is 0. The molecular formula is C16H31ClN2O. The van der Waals surface area contributed by atoms with Crippen LogP contribution >= 0.6 is 12.4 Å². The van der Waals surface area contributed by atoms with Gasteiger partial charge in [0, 0.05) is 25.0 Å². The largest absolute Gasteiger partial charge is 0.342 e. The Hall–Kier alpha value is -0.280. The van der Waals surface area contributed by atoms with Gasteiger partial charge in [0.25, 0.3) is 0 Å². The van der Waals surface area contributed by atoms with Crippen molar-refractivity contribution in [3.63, 3.8) is 0 Å². The quantitative estimate of drug-likeness (QED) is 0.845. The van der Waals surface area contributed by atoms with Gasteiger partial charge in [-0.25, -0.2) is 0 Å². The first-order chi connectivity index (χ1) is 9.24. The number of amides is 1. The number of piperidine rings is 1. The Morgan fingerprint density at radius 2 is 1.80 bits per heavy atom. The lowest BCUT2D eigenvalue weighted by Gasteiger charge is -2.34. The maximum absolute atomic E-state index is 12.6. The van der Waals surface area contributed by atoms with Crippen molar-refractivity contribution >= 4 is 18.3 Å². The molecule has 2 aliphatic rings. The lowest BCUT2D eigenvalue weighted by molar-refractivity contribution is -0.137. The number of carbonyl (C=O) groups excluding carboxylic acids is 1. The zero-order valence-electron chi connectivity index (χ0n) is 13.1. The molecule has 1 atom stereocenters. The zero-order chi connectivity index (χ0) is 13.7. The summed E-state index contributed by atoms with van der Waals surface area (Å²) in [7, 11) is 2.02. The third-order valence-corrected chi connectivity index (χ3v) is 5.15. The third-order valence-electron chi connectivity index (χ3n) is 5.15. The van der Waals surface area contributed by atoms with Crippen molar-refractivity contribution in [1.29, 1.82) is 0 Å². The predicted molar refractivity (Wildman–Crippen MR) is 86.3 cm³/mol. The van der Waals surface area contributed by atoms with Crippen LogP contribution in [0.25, 0.3) is 0 Å². The van der Waals surface area contributed by atoms with Crippen molar-refractivity contribution < 1.29 is 4.79 Å². The lowest BCUT2D eigenvalue weighted by atomic mass is 9.89. The molecule has 1 aliphatic carbocycles. The lowest BCUT2D eigenvalue weighted by Crippen LogP contribution is -2.46. The molecule has 0 spiro atoms. The number of nitrogens with zero attached hydrogens (tertiary/aromatic N) is 1. The van der Waals surface area contributed by atoms with Gasteiger partial charge in [0.1, 0.15) is 0 Å². The van der Waals surface area contributed by atoms with Gasteiger partial charge in [-0.3, -0.25) is 4.79 Å². The van der Waals surface area contributed by atoms with Crippen LogP contribution in [0, 0.1) is 11.8 Å². The molecule has 1 unspecified atom stereocenters. The van der Waals surface area contributed by atoms with E-state index < -0.39 is 0 Å².